The molecule has 1 N–H and O–H groups in total. The Kier molecular flexibility index (Phi) is 4.40. The molecule has 1 atom stereocenters. The Morgan fingerprint density at radius 3 is 2.58 bits per heavy atom. The van der Waals surface area contributed by atoms with Crippen LogP contribution in [0.3, 0.4) is 0 Å². The van der Waals surface area contributed by atoms with Gasteiger partial charge in [-0.15, -0.1) is 0 Å². The summed E-state index contributed by atoms with van der Waals surface area (Å²) in [4.78, 5) is 11.9. The van der Waals surface area contributed by atoms with E-state index in [1.165, 1.54) is 12.8 Å². The zero-order chi connectivity index (χ0) is 13.7. The monoisotopic (exact) mass is 258 g/mol. The molecular formula is C15H18N2O2. The van der Waals surface area contributed by atoms with Crippen LogP contribution in [0.5, 0.6) is 5.75 Å². The van der Waals surface area contributed by atoms with E-state index in [4.69, 9.17) is 10.00 Å². The molecule has 4 nitrogen and oxygen atoms in total. The molecule has 1 fully saturated rings. The van der Waals surface area contributed by atoms with Gasteiger partial charge in [0.2, 0.25) is 0 Å². The minimum absolute atomic E-state index is 0.0729. The Labute approximate surface area is 113 Å². The second kappa shape index (κ2) is 6.24. The highest BCUT2D eigenvalue weighted by atomic mass is 16.5. The van der Waals surface area contributed by atoms with E-state index >= 15 is 0 Å². The average Bonchev–Trinajstić information content (AvgIpc) is 2.92. The van der Waals surface area contributed by atoms with Crippen molar-refractivity contribution in [1.29, 1.82) is 5.26 Å². The molecule has 0 heterocycles. The van der Waals surface area contributed by atoms with Crippen molar-refractivity contribution in [2.45, 2.75) is 44.8 Å². The highest BCUT2D eigenvalue weighted by Crippen LogP contribution is 2.18. The number of rotatable bonds is 4. The van der Waals surface area contributed by atoms with E-state index in [1.54, 1.807) is 31.2 Å². The number of hydrogen-bond acceptors (Lipinski definition) is 3. The quantitative estimate of drug-likeness (QED) is 0.902. The molecule has 100 valence electrons. The van der Waals surface area contributed by atoms with Crippen LogP contribution in [0.25, 0.3) is 0 Å². The van der Waals surface area contributed by atoms with Crippen LogP contribution in [0.4, 0.5) is 0 Å². The largest absolute Gasteiger partial charge is 0.481 e. The molecule has 0 radical (unpaired) electrons. The first kappa shape index (κ1) is 13.4. The Balaban J connectivity index is 1.86. The summed E-state index contributed by atoms with van der Waals surface area (Å²) in [7, 11) is 0. The molecule has 1 amide bonds. The minimum atomic E-state index is -0.520. The number of ether oxygens (including phenoxy) is 1. The van der Waals surface area contributed by atoms with Gasteiger partial charge in [-0.1, -0.05) is 12.8 Å². The van der Waals surface area contributed by atoms with Crippen molar-refractivity contribution in [3.63, 3.8) is 0 Å². The molecule has 0 aromatic heterocycles. The molecule has 1 saturated carbocycles. The lowest BCUT2D eigenvalue weighted by Gasteiger charge is -2.18. The SMILES string of the molecule is C[C@@H](Oc1ccc(C#N)cc1)C(=O)NC1CCCC1. The van der Waals surface area contributed by atoms with Crippen molar-refractivity contribution in [2.24, 2.45) is 0 Å². The third-order valence-electron chi connectivity index (χ3n) is 3.37. The van der Waals surface area contributed by atoms with Gasteiger partial charge in [-0.2, -0.15) is 5.26 Å². The summed E-state index contributed by atoms with van der Waals surface area (Å²) in [5.41, 5.74) is 0.579. The maximum absolute atomic E-state index is 11.9. The first-order valence-corrected chi connectivity index (χ1v) is 6.66. The Morgan fingerprint density at radius 2 is 2.00 bits per heavy atom. The molecule has 4 heteroatoms. The number of nitrogens with zero attached hydrogens (tertiary/aromatic N) is 1. The van der Waals surface area contributed by atoms with Gasteiger partial charge in [0.15, 0.2) is 6.10 Å². The molecule has 1 aliphatic rings. The molecular weight excluding hydrogens is 240 g/mol. The van der Waals surface area contributed by atoms with Gasteiger partial charge in [0.05, 0.1) is 11.6 Å². The van der Waals surface area contributed by atoms with Crippen LogP contribution in [0.15, 0.2) is 24.3 Å². The summed E-state index contributed by atoms with van der Waals surface area (Å²) in [5.74, 6) is 0.532. The van der Waals surface area contributed by atoms with Gasteiger partial charge in [0.1, 0.15) is 5.75 Å². The van der Waals surface area contributed by atoms with Gasteiger partial charge in [-0.25, -0.2) is 0 Å². The fourth-order valence-electron chi connectivity index (χ4n) is 2.25. The van der Waals surface area contributed by atoms with Crippen molar-refractivity contribution < 1.29 is 9.53 Å². The molecule has 19 heavy (non-hydrogen) atoms. The van der Waals surface area contributed by atoms with Gasteiger partial charge in [-0.3, -0.25) is 4.79 Å². The van der Waals surface area contributed by atoms with E-state index < -0.39 is 6.10 Å². The van der Waals surface area contributed by atoms with Crippen LogP contribution in [-0.2, 0) is 4.79 Å². The van der Waals surface area contributed by atoms with Crippen LogP contribution < -0.4 is 10.1 Å². The zero-order valence-electron chi connectivity index (χ0n) is 11.1. The highest BCUT2D eigenvalue weighted by Gasteiger charge is 2.21. The zero-order valence-corrected chi connectivity index (χ0v) is 11.1. The molecule has 0 unspecified atom stereocenters. The highest BCUT2D eigenvalue weighted by molar-refractivity contribution is 5.81. The number of amides is 1. The molecule has 1 aromatic carbocycles. The summed E-state index contributed by atoms with van der Waals surface area (Å²) >= 11 is 0. The van der Waals surface area contributed by atoms with Crippen molar-refractivity contribution in [3.8, 4) is 11.8 Å². The van der Waals surface area contributed by atoms with Gasteiger partial charge in [0.25, 0.3) is 5.91 Å². The summed E-state index contributed by atoms with van der Waals surface area (Å²) in [6.07, 6.45) is 3.99. The fraction of sp³-hybridized carbons (Fsp3) is 0.467. The van der Waals surface area contributed by atoms with Gasteiger partial charge in [0, 0.05) is 6.04 Å². The summed E-state index contributed by atoms with van der Waals surface area (Å²) in [6, 6.07) is 9.12. The van der Waals surface area contributed by atoms with Crippen LogP contribution in [0.2, 0.25) is 0 Å². The van der Waals surface area contributed by atoms with E-state index in [2.05, 4.69) is 5.32 Å². The molecule has 2 rings (SSSR count). The second-order valence-electron chi connectivity index (χ2n) is 4.89. The van der Waals surface area contributed by atoms with Crippen molar-refractivity contribution >= 4 is 5.91 Å². The van der Waals surface area contributed by atoms with E-state index in [1.807, 2.05) is 6.07 Å². The van der Waals surface area contributed by atoms with Crippen LogP contribution in [0.1, 0.15) is 38.2 Å². The molecule has 0 aliphatic heterocycles. The number of benzene rings is 1. The van der Waals surface area contributed by atoms with Gasteiger partial charge < -0.3 is 10.1 Å². The summed E-state index contributed by atoms with van der Waals surface area (Å²) in [5, 5.41) is 11.7. The van der Waals surface area contributed by atoms with Crippen molar-refractivity contribution in [3.05, 3.63) is 29.8 Å². The van der Waals surface area contributed by atoms with E-state index in [0.29, 0.717) is 17.4 Å². The Hall–Kier alpha value is -2.02. The third-order valence-corrected chi connectivity index (χ3v) is 3.37. The van der Waals surface area contributed by atoms with E-state index in [-0.39, 0.29) is 5.91 Å². The second-order valence-corrected chi connectivity index (χ2v) is 4.89. The van der Waals surface area contributed by atoms with Crippen LogP contribution in [0, 0.1) is 11.3 Å². The predicted octanol–water partition coefficient (Wildman–Crippen LogP) is 2.38. The van der Waals surface area contributed by atoms with Gasteiger partial charge >= 0.3 is 0 Å². The third kappa shape index (κ3) is 3.72. The smallest absolute Gasteiger partial charge is 0.260 e. The topological polar surface area (TPSA) is 62.1 Å². The average molecular weight is 258 g/mol. The predicted molar refractivity (Wildman–Crippen MR) is 71.6 cm³/mol. The normalized spacial score (nSPS) is 16.6. The molecule has 0 spiro atoms. The standard InChI is InChI=1S/C15H18N2O2/c1-11(15(18)17-13-4-2-3-5-13)19-14-8-6-12(10-16)7-9-14/h6-9,11,13H,2-5H2,1H3,(H,17,18)/t11-/m1/s1. The number of hydrogen-bond donors (Lipinski definition) is 1. The van der Waals surface area contributed by atoms with Crippen molar-refractivity contribution in [2.75, 3.05) is 0 Å². The molecule has 1 aliphatic carbocycles. The first-order chi connectivity index (χ1) is 9.19. The van der Waals surface area contributed by atoms with E-state index in [9.17, 15) is 4.79 Å². The van der Waals surface area contributed by atoms with Crippen molar-refractivity contribution in [1.82, 2.24) is 5.32 Å². The minimum Gasteiger partial charge on any atom is -0.481 e. The maximum atomic E-state index is 11.9. The Morgan fingerprint density at radius 1 is 1.37 bits per heavy atom. The fourth-order valence-corrected chi connectivity index (χ4v) is 2.25. The van der Waals surface area contributed by atoms with Crippen LogP contribution >= 0.6 is 0 Å². The molecule has 0 bridgehead atoms. The lowest BCUT2D eigenvalue weighted by Crippen LogP contribution is -2.41. The van der Waals surface area contributed by atoms with Crippen LogP contribution in [-0.4, -0.2) is 18.1 Å². The summed E-state index contributed by atoms with van der Waals surface area (Å²) < 4.78 is 5.56. The number of nitriles is 1. The Bertz CT molecular complexity index is 470. The number of nitrogens with one attached hydrogen (secondary N) is 1. The lowest BCUT2D eigenvalue weighted by molar-refractivity contribution is -0.127. The van der Waals surface area contributed by atoms with Gasteiger partial charge in [-0.05, 0) is 44.0 Å². The molecule has 1 aromatic rings. The number of carbonyl (C=O) groups excluding carboxylic acids is 1. The van der Waals surface area contributed by atoms with E-state index in [0.717, 1.165) is 12.8 Å². The number of carbonyl (C=O) groups is 1. The lowest BCUT2D eigenvalue weighted by atomic mass is 10.2. The molecule has 0 saturated heterocycles. The first-order valence-electron chi connectivity index (χ1n) is 6.66. The summed E-state index contributed by atoms with van der Waals surface area (Å²) in [6.45, 7) is 1.74. The maximum Gasteiger partial charge on any atom is 0.260 e.